The normalized spacial score (nSPS) is 19.9. The first-order chi connectivity index (χ1) is 8.74. The highest BCUT2D eigenvalue weighted by Gasteiger charge is 2.18. The minimum absolute atomic E-state index is 0.168. The topological polar surface area (TPSA) is 58.6 Å². The van der Waals surface area contributed by atoms with E-state index in [4.69, 9.17) is 4.74 Å². The van der Waals surface area contributed by atoms with Crippen molar-refractivity contribution >= 4 is 5.91 Å². The number of carbonyl (C=O) groups is 1. The number of aliphatic hydroxyl groups is 1. The van der Waals surface area contributed by atoms with Gasteiger partial charge in [0.1, 0.15) is 0 Å². The predicted octanol–water partition coefficient (Wildman–Crippen LogP) is 1.86. The van der Waals surface area contributed by atoms with Crippen LogP contribution in [0.25, 0.3) is 0 Å². The number of methoxy groups -OCH3 is 1. The summed E-state index contributed by atoms with van der Waals surface area (Å²) in [6.45, 7) is 0.874. The van der Waals surface area contributed by atoms with Crippen LogP contribution in [0.1, 0.15) is 51.4 Å². The van der Waals surface area contributed by atoms with Crippen molar-refractivity contribution in [3.8, 4) is 0 Å². The summed E-state index contributed by atoms with van der Waals surface area (Å²) in [5, 5.41) is 12.4. The van der Waals surface area contributed by atoms with E-state index in [9.17, 15) is 9.90 Å². The van der Waals surface area contributed by atoms with Crippen LogP contribution in [0.5, 0.6) is 0 Å². The van der Waals surface area contributed by atoms with E-state index < -0.39 is 6.10 Å². The molecule has 0 aliphatic heterocycles. The van der Waals surface area contributed by atoms with E-state index in [0.29, 0.717) is 19.6 Å². The highest BCUT2D eigenvalue weighted by molar-refractivity contribution is 5.78. The maximum atomic E-state index is 12.0. The van der Waals surface area contributed by atoms with Crippen LogP contribution in [-0.4, -0.2) is 37.4 Å². The third-order valence-corrected chi connectivity index (χ3v) is 3.61. The summed E-state index contributed by atoms with van der Waals surface area (Å²) in [5.41, 5.74) is 0. The van der Waals surface area contributed by atoms with Crippen molar-refractivity contribution in [2.75, 3.05) is 20.3 Å². The molecule has 18 heavy (non-hydrogen) atoms. The second-order valence-corrected chi connectivity index (χ2v) is 5.23. The minimum Gasteiger partial charge on any atom is -0.391 e. The molecule has 1 rings (SSSR count). The van der Waals surface area contributed by atoms with Crippen LogP contribution < -0.4 is 5.32 Å². The molecule has 1 aliphatic carbocycles. The smallest absolute Gasteiger partial charge is 0.223 e. The van der Waals surface area contributed by atoms with E-state index in [1.165, 1.54) is 32.1 Å². The fourth-order valence-corrected chi connectivity index (χ4v) is 2.50. The quantitative estimate of drug-likeness (QED) is 0.763. The molecule has 1 atom stereocenters. The van der Waals surface area contributed by atoms with Crippen LogP contribution in [0.15, 0.2) is 0 Å². The van der Waals surface area contributed by atoms with Gasteiger partial charge in [-0.05, 0) is 19.3 Å². The van der Waals surface area contributed by atoms with E-state index in [1.54, 1.807) is 7.11 Å². The molecule has 1 fully saturated rings. The average molecular weight is 257 g/mol. The number of hydrogen-bond acceptors (Lipinski definition) is 3. The highest BCUT2D eigenvalue weighted by atomic mass is 16.5. The Morgan fingerprint density at radius 2 is 1.89 bits per heavy atom. The van der Waals surface area contributed by atoms with Crippen molar-refractivity contribution < 1.29 is 14.6 Å². The fraction of sp³-hybridized carbons (Fsp3) is 0.929. The molecular formula is C14H27NO3. The summed E-state index contributed by atoms with van der Waals surface area (Å²) in [5.74, 6) is 0.353. The summed E-state index contributed by atoms with van der Waals surface area (Å²) < 4.78 is 4.85. The second-order valence-electron chi connectivity index (χ2n) is 5.23. The number of nitrogens with one attached hydrogen (secondary N) is 1. The van der Waals surface area contributed by atoms with Crippen LogP contribution in [0.3, 0.4) is 0 Å². The number of ether oxygens (including phenoxy) is 1. The number of rotatable bonds is 6. The standard InChI is InChI=1S/C14H27NO3/c1-18-11-13(16)9-10-15-14(17)12-7-5-3-2-4-6-8-12/h12-13,16H,2-11H2,1H3,(H,15,17). The maximum Gasteiger partial charge on any atom is 0.223 e. The molecular weight excluding hydrogens is 230 g/mol. The van der Waals surface area contributed by atoms with Gasteiger partial charge < -0.3 is 15.2 Å². The zero-order chi connectivity index (χ0) is 13.2. The highest BCUT2D eigenvalue weighted by Crippen LogP contribution is 2.22. The van der Waals surface area contributed by atoms with Gasteiger partial charge in [-0.25, -0.2) is 0 Å². The predicted molar refractivity (Wildman–Crippen MR) is 71.3 cm³/mol. The third-order valence-electron chi connectivity index (χ3n) is 3.61. The Hall–Kier alpha value is -0.610. The summed E-state index contributed by atoms with van der Waals surface area (Å²) in [7, 11) is 1.57. The average Bonchev–Trinajstić information content (AvgIpc) is 2.28. The molecule has 0 aromatic heterocycles. The number of carbonyl (C=O) groups excluding carboxylic acids is 1. The Morgan fingerprint density at radius 1 is 1.28 bits per heavy atom. The molecule has 1 amide bonds. The van der Waals surface area contributed by atoms with Crippen LogP contribution in [-0.2, 0) is 9.53 Å². The monoisotopic (exact) mass is 257 g/mol. The van der Waals surface area contributed by atoms with Gasteiger partial charge in [0.2, 0.25) is 5.91 Å². The summed E-state index contributed by atoms with van der Waals surface area (Å²) in [6, 6.07) is 0. The van der Waals surface area contributed by atoms with E-state index in [0.717, 1.165) is 12.8 Å². The Bertz CT molecular complexity index is 225. The molecule has 0 heterocycles. The molecule has 0 bridgehead atoms. The molecule has 4 nitrogen and oxygen atoms in total. The minimum atomic E-state index is -0.479. The first-order valence-corrected chi connectivity index (χ1v) is 7.18. The van der Waals surface area contributed by atoms with Crippen molar-refractivity contribution in [3.63, 3.8) is 0 Å². The van der Waals surface area contributed by atoms with Crippen molar-refractivity contribution in [1.82, 2.24) is 5.32 Å². The molecule has 0 spiro atoms. The number of aliphatic hydroxyl groups excluding tert-OH is 1. The summed E-state index contributed by atoms with van der Waals surface area (Å²) in [4.78, 5) is 12.0. The number of amides is 1. The Morgan fingerprint density at radius 3 is 2.50 bits per heavy atom. The van der Waals surface area contributed by atoms with Crippen LogP contribution >= 0.6 is 0 Å². The Balaban J connectivity index is 2.17. The molecule has 0 radical (unpaired) electrons. The molecule has 1 saturated carbocycles. The van der Waals surface area contributed by atoms with Gasteiger partial charge >= 0.3 is 0 Å². The molecule has 1 aliphatic rings. The first kappa shape index (κ1) is 15.4. The van der Waals surface area contributed by atoms with E-state index in [2.05, 4.69) is 5.32 Å². The molecule has 2 N–H and O–H groups in total. The lowest BCUT2D eigenvalue weighted by Gasteiger charge is -2.19. The van der Waals surface area contributed by atoms with Gasteiger partial charge in [0.15, 0.2) is 0 Å². The van der Waals surface area contributed by atoms with Gasteiger partial charge in [0.05, 0.1) is 12.7 Å². The summed E-state index contributed by atoms with van der Waals surface area (Å²) in [6.07, 6.45) is 8.30. The van der Waals surface area contributed by atoms with Gasteiger partial charge in [-0.15, -0.1) is 0 Å². The number of hydrogen-bond donors (Lipinski definition) is 2. The molecule has 0 aromatic carbocycles. The van der Waals surface area contributed by atoms with Crippen molar-refractivity contribution in [2.24, 2.45) is 5.92 Å². The van der Waals surface area contributed by atoms with Crippen LogP contribution in [0.4, 0.5) is 0 Å². The van der Waals surface area contributed by atoms with Gasteiger partial charge in [-0.2, -0.15) is 0 Å². The van der Waals surface area contributed by atoms with E-state index in [1.807, 2.05) is 0 Å². The molecule has 0 saturated heterocycles. The fourth-order valence-electron chi connectivity index (χ4n) is 2.50. The van der Waals surface area contributed by atoms with E-state index >= 15 is 0 Å². The van der Waals surface area contributed by atoms with Crippen molar-refractivity contribution in [1.29, 1.82) is 0 Å². The maximum absolute atomic E-state index is 12.0. The van der Waals surface area contributed by atoms with Gasteiger partial charge in [-0.1, -0.05) is 32.1 Å². The SMILES string of the molecule is COCC(O)CCNC(=O)C1CCCCCCC1. The lowest BCUT2D eigenvalue weighted by Crippen LogP contribution is -2.33. The summed E-state index contributed by atoms with van der Waals surface area (Å²) >= 11 is 0. The first-order valence-electron chi connectivity index (χ1n) is 7.18. The van der Waals surface area contributed by atoms with Crippen LogP contribution in [0, 0.1) is 5.92 Å². The zero-order valence-electron chi connectivity index (χ0n) is 11.5. The third kappa shape index (κ3) is 6.36. The van der Waals surface area contributed by atoms with Crippen molar-refractivity contribution in [2.45, 2.75) is 57.5 Å². The van der Waals surface area contributed by atoms with Gasteiger partial charge in [0, 0.05) is 19.6 Å². The molecule has 106 valence electrons. The Labute approximate surface area is 110 Å². The second kappa shape index (κ2) is 9.34. The molecule has 4 heteroatoms. The van der Waals surface area contributed by atoms with Crippen molar-refractivity contribution in [3.05, 3.63) is 0 Å². The lowest BCUT2D eigenvalue weighted by molar-refractivity contribution is -0.125. The van der Waals surface area contributed by atoms with E-state index in [-0.39, 0.29) is 11.8 Å². The van der Waals surface area contributed by atoms with Gasteiger partial charge in [-0.3, -0.25) is 4.79 Å². The largest absolute Gasteiger partial charge is 0.391 e. The van der Waals surface area contributed by atoms with Crippen LogP contribution in [0.2, 0.25) is 0 Å². The Kier molecular flexibility index (Phi) is 8.01. The van der Waals surface area contributed by atoms with Gasteiger partial charge in [0.25, 0.3) is 0 Å². The molecule has 1 unspecified atom stereocenters. The zero-order valence-corrected chi connectivity index (χ0v) is 11.5. The molecule has 0 aromatic rings. The lowest BCUT2D eigenvalue weighted by atomic mass is 9.90.